The summed E-state index contributed by atoms with van der Waals surface area (Å²) in [5.41, 5.74) is 0.846. The Morgan fingerprint density at radius 2 is 2.10 bits per heavy atom. The third kappa shape index (κ3) is 3.54. The van der Waals surface area contributed by atoms with Crippen LogP contribution in [0.5, 0.6) is 0 Å². The van der Waals surface area contributed by atoms with Gasteiger partial charge in [-0.1, -0.05) is 29.3 Å². The van der Waals surface area contributed by atoms with E-state index >= 15 is 0 Å². The van der Waals surface area contributed by atoms with E-state index in [9.17, 15) is 9.18 Å². The van der Waals surface area contributed by atoms with Gasteiger partial charge in [-0.25, -0.2) is 9.07 Å². The zero-order chi connectivity index (χ0) is 15.6. The first-order valence-corrected chi connectivity index (χ1v) is 7.11. The highest BCUT2D eigenvalue weighted by molar-refractivity contribution is 6.33. The van der Waals surface area contributed by atoms with Crippen LogP contribution in [0.15, 0.2) is 29.2 Å². The van der Waals surface area contributed by atoms with Crippen LogP contribution in [0.2, 0.25) is 10.0 Å². The van der Waals surface area contributed by atoms with Crippen LogP contribution in [0.1, 0.15) is 25.5 Å². The molecule has 2 rings (SSSR count). The van der Waals surface area contributed by atoms with E-state index in [1.165, 1.54) is 23.0 Å². The van der Waals surface area contributed by atoms with Gasteiger partial charge in [-0.3, -0.25) is 4.79 Å². The number of hydrogen-bond donors (Lipinski definition) is 1. The van der Waals surface area contributed by atoms with Gasteiger partial charge in [0.2, 0.25) is 0 Å². The van der Waals surface area contributed by atoms with E-state index in [0.29, 0.717) is 12.2 Å². The molecule has 1 aromatic carbocycles. The van der Waals surface area contributed by atoms with Gasteiger partial charge in [-0.15, -0.1) is 0 Å². The van der Waals surface area contributed by atoms with Gasteiger partial charge < -0.3 is 5.32 Å². The Kier molecular flexibility index (Phi) is 4.85. The Hall–Kier alpha value is -1.59. The largest absolute Gasteiger partial charge is 0.378 e. The first kappa shape index (κ1) is 15.8. The standard InChI is InChI=1S/C14H14Cl2FN3O/c1-8(2)20-14(21)13(16)12(7-19-20)18-6-9-3-4-11(17)10(15)5-9/h3-5,7-8,18H,6H2,1-2H3. The van der Waals surface area contributed by atoms with Crippen LogP contribution >= 0.6 is 23.2 Å². The molecule has 0 aliphatic rings. The van der Waals surface area contributed by atoms with Crippen molar-refractivity contribution in [2.24, 2.45) is 0 Å². The molecule has 4 nitrogen and oxygen atoms in total. The van der Waals surface area contributed by atoms with Crippen molar-refractivity contribution in [2.75, 3.05) is 5.32 Å². The second-order valence-electron chi connectivity index (χ2n) is 4.82. The molecule has 0 unspecified atom stereocenters. The SMILES string of the molecule is CC(C)n1ncc(NCc2ccc(F)c(Cl)c2)c(Cl)c1=O. The van der Waals surface area contributed by atoms with E-state index < -0.39 is 5.82 Å². The lowest BCUT2D eigenvalue weighted by molar-refractivity contribution is 0.503. The van der Waals surface area contributed by atoms with Gasteiger partial charge in [0.25, 0.3) is 5.56 Å². The Morgan fingerprint density at radius 3 is 2.71 bits per heavy atom. The normalized spacial score (nSPS) is 11.0. The zero-order valence-electron chi connectivity index (χ0n) is 11.5. The molecule has 112 valence electrons. The fraction of sp³-hybridized carbons (Fsp3) is 0.286. The number of aromatic nitrogens is 2. The molecule has 1 aromatic heterocycles. The molecule has 1 N–H and O–H groups in total. The minimum atomic E-state index is -0.473. The minimum Gasteiger partial charge on any atom is -0.378 e. The topological polar surface area (TPSA) is 46.9 Å². The predicted molar refractivity (Wildman–Crippen MR) is 82.6 cm³/mol. The summed E-state index contributed by atoms with van der Waals surface area (Å²) in [6.07, 6.45) is 1.49. The third-order valence-electron chi connectivity index (χ3n) is 2.90. The summed E-state index contributed by atoms with van der Waals surface area (Å²) in [7, 11) is 0. The van der Waals surface area contributed by atoms with Crippen LogP contribution in [0.25, 0.3) is 0 Å². The Balaban J connectivity index is 2.19. The summed E-state index contributed by atoms with van der Waals surface area (Å²) >= 11 is 11.8. The van der Waals surface area contributed by atoms with Gasteiger partial charge in [0.05, 0.1) is 22.9 Å². The second-order valence-corrected chi connectivity index (χ2v) is 5.60. The highest BCUT2D eigenvalue weighted by Crippen LogP contribution is 2.20. The average Bonchev–Trinajstić information content (AvgIpc) is 2.43. The van der Waals surface area contributed by atoms with Gasteiger partial charge in [0.1, 0.15) is 10.8 Å². The molecule has 1 heterocycles. The predicted octanol–water partition coefficient (Wildman–Crippen LogP) is 3.88. The van der Waals surface area contributed by atoms with Gasteiger partial charge in [-0.05, 0) is 31.5 Å². The highest BCUT2D eigenvalue weighted by Gasteiger charge is 2.11. The van der Waals surface area contributed by atoms with Crippen molar-refractivity contribution in [3.05, 3.63) is 56.2 Å². The second kappa shape index (κ2) is 6.45. The van der Waals surface area contributed by atoms with Crippen LogP contribution in [-0.4, -0.2) is 9.78 Å². The summed E-state index contributed by atoms with van der Waals surface area (Å²) in [6, 6.07) is 4.33. The molecule has 0 spiro atoms. The van der Waals surface area contributed by atoms with E-state index in [4.69, 9.17) is 23.2 Å². The fourth-order valence-corrected chi connectivity index (χ4v) is 2.19. The van der Waals surface area contributed by atoms with Crippen molar-refractivity contribution in [3.8, 4) is 0 Å². The van der Waals surface area contributed by atoms with E-state index in [1.807, 2.05) is 13.8 Å². The van der Waals surface area contributed by atoms with Gasteiger partial charge >= 0.3 is 0 Å². The van der Waals surface area contributed by atoms with Crippen LogP contribution in [0, 0.1) is 5.82 Å². The monoisotopic (exact) mass is 329 g/mol. The molecule has 0 fully saturated rings. The number of nitrogens with one attached hydrogen (secondary N) is 1. The van der Waals surface area contributed by atoms with Crippen LogP contribution < -0.4 is 10.9 Å². The van der Waals surface area contributed by atoms with Gasteiger partial charge in [0, 0.05) is 6.54 Å². The number of rotatable bonds is 4. The number of halogens is 3. The maximum atomic E-state index is 13.1. The summed E-state index contributed by atoms with van der Waals surface area (Å²) in [4.78, 5) is 12.0. The first-order valence-electron chi connectivity index (χ1n) is 6.35. The van der Waals surface area contributed by atoms with Crippen LogP contribution in [-0.2, 0) is 6.54 Å². The van der Waals surface area contributed by atoms with Crippen molar-refractivity contribution >= 4 is 28.9 Å². The van der Waals surface area contributed by atoms with E-state index in [0.717, 1.165) is 5.56 Å². The molecule has 21 heavy (non-hydrogen) atoms. The molecule has 0 aliphatic heterocycles. The van der Waals surface area contributed by atoms with Crippen LogP contribution in [0.3, 0.4) is 0 Å². The van der Waals surface area contributed by atoms with Crippen molar-refractivity contribution in [2.45, 2.75) is 26.4 Å². The molecular formula is C14H14Cl2FN3O. The number of benzene rings is 1. The summed E-state index contributed by atoms with van der Waals surface area (Å²) < 4.78 is 14.4. The average molecular weight is 330 g/mol. The molecule has 0 saturated carbocycles. The minimum absolute atomic E-state index is 0.0498. The molecule has 7 heteroatoms. The Morgan fingerprint density at radius 1 is 1.38 bits per heavy atom. The first-order chi connectivity index (χ1) is 9.90. The van der Waals surface area contributed by atoms with Crippen molar-refractivity contribution in [1.29, 1.82) is 0 Å². The van der Waals surface area contributed by atoms with Crippen LogP contribution in [0.4, 0.5) is 10.1 Å². The molecule has 2 aromatic rings. The van der Waals surface area contributed by atoms with Crippen molar-refractivity contribution in [1.82, 2.24) is 9.78 Å². The third-order valence-corrected chi connectivity index (χ3v) is 3.55. The van der Waals surface area contributed by atoms with Crippen molar-refractivity contribution in [3.63, 3.8) is 0 Å². The fourth-order valence-electron chi connectivity index (χ4n) is 1.78. The Bertz CT molecular complexity index is 716. The lowest BCUT2D eigenvalue weighted by Gasteiger charge is -2.12. The molecule has 0 bridgehead atoms. The smallest absolute Gasteiger partial charge is 0.287 e. The lowest BCUT2D eigenvalue weighted by atomic mass is 10.2. The molecule has 0 amide bonds. The molecule has 0 atom stereocenters. The molecule has 0 aliphatic carbocycles. The summed E-state index contributed by atoms with van der Waals surface area (Å²) in [5.74, 6) is -0.473. The Labute approximate surface area is 131 Å². The zero-order valence-corrected chi connectivity index (χ0v) is 13.0. The number of nitrogens with zero attached hydrogens (tertiary/aromatic N) is 2. The molecule has 0 radical (unpaired) electrons. The highest BCUT2D eigenvalue weighted by atomic mass is 35.5. The van der Waals surface area contributed by atoms with E-state index in [1.54, 1.807) is 6.07 Å². The lowest BCUT2D eigenvalue weighted by Crippen LogP contribution is -2.25. The van der Waals surface area contributed by atoms with E-state index in [2.05, 4.69) is 10.4 Å². The summed E-state index contributed by atoms with van der Waals surface area (Å²) in [6.45, 7) is 4.04. The number of anilines is 1. The van der Waals surface area contributed by atoms with Gasteiger partial charge in [-0.2, -0.15) is 5.10 Å². The maximum Gasteiger partial charge on any atom is 0.287 e. The maximum absolute atomic E-state index is 13.1. The number of hydrogen-bond acceptors (Lipinski definition) is 3. The summed E-state index contributed by atoms with van der Waals surface area (Å²) in [5, 5.41) is 7.17. The van der Waals surface area contributed by atoms with E-state index in [-0.39, 0.29) is 21.6 Å². The van der Waals surface area contributed by atoms with Crippen molar-refractivity contribution < 1.29 is 4.39 Å². The van der Waals surface area contributed by atoms with Gasteiger partial charge in [0.15, 0.2) is 0 Å². The quantitative estimate of drug-likeness (QED) is 0.925. The molecular weight excluding hydrogens is 316 g/mol. The molecule has 0 saturated heterocycles.